The molecule has 1 aromatic heterocycles. The van der Waals surface area contributed by atoms with Crippen molar-refractivity contribution >= 4 is 16.7 Å². The van der Waals surface area contributed by atoms with Crippen LogP contribution in [0.3, 0.4) is 0 Å². The highest BCUT2D eigenvalue weighted by molar-refractivity contribution is 5.86. The molecule has 1 aromatic carbocycles. The van der Waals surface area contributed by atoms with Crippen LogP contribution >= 0.6 is 0 Å². The Kier molecular flexibility index (Phi) is 1.50. The highest BCUT2D eigenvalue weighted by atomic mass is 15.0. The summed E-state index contributed by atoms with van der Waals surface area (Å²) in [6, 6.07) is 5.85. The number of aromatic nitrogens is 2. The van der Waals surface area contributed by atoms with Gasteiger partial charge in [-0.1, -0.05) is 6.07 Å². The second-order valence-corrected chi connectivity index (χ2v) is 2.75. The van der Waals surface area contributed by atoms with Crippen LogP contribution in [0, 0.1) is 0 Å². The zero-order valence-corrected chi connectivity index (χ0v) is 6.99. The lowest BCUT2D eigenvalue weighted by Crippen LogP contribution is -1.91. The molecule has 0 radical (unpaired) electrons. The van der Waals surface area contributed by atoms with E-state index in [1.165, 1.54) is 0 Å². The molecular formula is C9H11N3. The highest BCUT2D eigenvalue weighted by Gasteiger charge is 2.01. The van der Waals surface area contributed by atoms with Crippen LogP contribution in [0.25, 0.3) is 11.0 Å². The first kappa shape index (κ1) is 7.16. The zero-order valence-electron chi connectivity index (χ0n) is 6.99. The van der Waals surface area contributed by atoms with Crippen molar-refractivity contribution in [2.24, 2.45) is 0 Å². The number of nitrogens with zero attached hydrogens (tertiary/aromatic N) is 2. The monoisotopic (exact) mass is 161 g/mol. The van der Waals surface area contributed by atoms with E-state index in [0.717, 1.165) is 23.3 Å². The van der Waals surface area contributed by atoms with Crippen LogP contribution in [-0.2, 0) is 6.54 Å². The molecule has 3 heteroatoms. The fourth-order valence-corrected chi connectivity index (χ4v) is 1.36. The number of nitrogen functional groups attached to an aromatic ring is 1. The van der Waals surface area contributed by atoms with Crippen LogP contribution < -0.4 is 5.73 Å². The van der Waals surface area contributed by atoms with Gasteiger partial charge in [0.05, 0.1) is 17.5 Å². The number of nitrogens with two attached hydrogens (primary N) is 1. The van der Waals surface area contributed by atoms with Gasteiger partial charge in [0.1, 0.15) is 5.52 Å². The fraction of sp³-hybridized carbons (Fsp3) is 0.222. The van der Waals surface area contributed by atoms with Crippen LogP contribution in [-0.4, -0.2) is 9.55 Å². The second-order valence-electron chi connectivity index (χ2n) is 2.75. The third-order valence-electron chi connectivity index (χ3n) is 2.02. The Labute approximate surface area is 70.8 Å². The number of anilines is 1. The quantitative estimate of drug-likeness (QED) is 0.646. The first-order valence-corrected chi connectivity index (χ1v) is 4.02. The van der Waals surface area contributed by atoms with E-state index in [9.17, 15) is 0 Å². The summed E-state index contributed by atoms with van der Waals surface area (Å²) >= 11 is 0. The van der Waals surface area contributed by atoms with Gasteiger partial charge in [0.25, 0.3) is 0 Å². The minimum Gasteiger partial charge on any atom is -0.397 e. The Balaban J connectivity index is 2.80. The van der Waals surface area contributed by atoms with Crippen molar-refractivity contribution < 1.29 is 0 Å². The van der Waals surface area contributed by atoms with E-state index in [2.05, 4.69) is 16.5 Å². The smallest absolute Gasteiger partial charge is 0.111 e. The molecule has 0 saturated heterocycles. The van der Waals surface area contributed by atoms with Crippen LogP contribution in [0.5, 0.6) is 0 Å². The molecule has 0 aliphatic rings. The Morgan fingerprint density at radius 2 is 2.33 bits per heavy atom. The number of rotatable bonds is 1. The maximum Gasteiger partial charge on any atom is 0.111 e. The topological polar surface area (TPSA) is 43.8 Å². The molecule has 62 valence electrons. The first-order chi connectivity index (χ1) is 5.83. The molecular weight excluding hydrogens is 150 g/mol. The van der Waals surface area contributed by atoms with Gasteiger partial charge in [0, 0.05) is 6.54 Å². The normalized spacial score (nSPS) is 10.8. The van der Waals surface area contributed by atoms with Crippen LogP contribution in [0.15, 0.2) is 24.5 Å². The number of imidazole rings is 1. The third-order valence-corrected chi connectivity index (χ3v) is 2.02. The molecule has 0 atom stereocenters. The first-order valence-electron chi connectivity index (χ1n) is 4.02. The van der Waals surface area contributed by atoms with Crippen molar-refractivity contribution in [3.8, 4) is 0 Å². The molecule has 2 aromatic rings. The third kappa shape index (κ3) is 0.863. The van der Waals surface area contributed by atoms with Gasteiger partial charge in [-0.25, -0.2) is 4.98 Å². The summed E-state index contributed by atoms with van der Waals surface area (Å²) in [4.78, 5) is 4.23. The molecule has 2 rings (SSSR count). The van der Waals surface area contributed by atoms with Crippen molar-refractivity contribution in [2.45, 2.75) is 13.5 Å². The predicted molar refractivity (Wildman–Crippen MR) is 49.8 cm³/mol. The molecule has 0 aliphatic carbocycles. The van der Waals surface area contributed by atoms with E-state index in [0.29, 0.717) is 0 Å². The molecule has 12 heavy (non-hydrogen) atoms. The van der Waals surface area contributed by atoms with E-state index < -0.39 is 0 Å². The Morgan fingerprint density at radius 1 is 1.50 bits per heavy atom. The van der Waals surface area contributed by atoms with Crippen molar-refractivity contribution in [1.29, 1.82) is 0 Å². The SMILES string of the molecule is CCn1cnc2c(N)cccc21. The van der Waals surface area contributed by atoms with Gasteiger partial charge in [0.15, 0.2) is 0 Å². The standard InChI is InChI=1S/C9H11N3/c1-2-12-6-11-9-7(10)4-3-5-8(9)12/h3-6H,2,10H2,1H3. The van der Waals surface area contributed by atoms with Gasteiger partial charge in [0.2, 0.25) is 0 Å². The average molecular weight is 161 g/mol. The van der Waals surface area contributed by atoms with Crippen molar-refractivity contribution in [3.05, 3.63) is 24.5 Å². The van der Waals surface area contributed by atoms with Crippen molar-refractivity contribution in [3.63, 3.8) is 0 Å². The van der Waals surface area contributed by atoms with E-state index in [4.69, 9.17) is 5.73 Å². The predicted octanol–water partition coefficient (Wildman–Crippen LogP) is 1.64. The highest BCUT2D eigenvalue weighted by Crippen LogP contribution is 2.18. The maximum atomic E-state index is 5.75. The summed E-state index contributed by atoms with van der Waals surface area (Å²) in [6.45, 7) is 3.02. The molecule has 1 heterocycles. The Hall–Kier alpha value is -1.51. The Morgan fingerprint density at radius 3 is 3.08 bits per heavy atom. The van der Waals surface area contributed by atoms with E-state index in [1.807, 2.05) is 24.5 Å². The molecule has 0 aliphatic heterocycles. The van der Waals surface area contributed by atoms with Gasteiger partial charge in [-0.2, -0.15) is 0 Å². The number of fused-ring (bicyclic) bond motifs is 1. The van der Waals surface area contributed by atoms with E-state index in [1.54, 1.807) is 0 Å². The molecule has 0 unspecified atom stereocenters. The van der Waals surface area contributed by atoms with Gasteiger partial charge in [-0.15, -0.1) is 0 Å². The summed E-state index contributed by atoms with van der Waals surface area (Å²) in [7, 11) is 0. The van der Waals surface area contributed by atoms with E-state index in [-0.39, 0.29) is 0 Å². The summed E-state index contributed by atoms with van der Waals surface area (Å²) in [5.41, 5.74) is 8.51. The van der Waals surface area contributed by atoms with E-state index >= 15 is 0 Å². The molecule has 0 bridgehead atoms. The Bertz CT molecular complexity index is 403. The minimum absolute atomic E-state index is 0.750. The number of aryl methyl sites for hydroxylation is 1. The molecule has 0 fully saturated rings. The molecule has 0 saturated carbocycles. The second kappa shape index (κ2) is 2.52. The average Bonchev–Trinajstić information content (AvgIpc) is 2.49. The van der Waals surface area contributed by atoms with Gasteiger partial charge in [-0.05, 0) is 19.1 Å². The minimum atomic E-state index is 0.750. The summed E-state index contributed by atoms with van der Waals surface area (Å²) in [5, 5.41) is 0. The zero-order chi connectivity index (χ0) is 8.55. The summed E-state index contributed by atoms with van der Waals surface area (Å²) in [5.74, 6) is 0. The lowest BCUT2D eigenvalue weighted by Gasteiger charge is -1.98. The van der Waals surface area contributed by atoms with Crippen molar-refractivity contribution in [1.82, 2.24) is 9.55 Å². The van der Waals surface area contributed by atoms with Crippen molar-refractivity contribution in [2.75, 3.05) is 5.73 Å². The summed E-state index contributed by atoms with van der Waals surface area (Å²) in [6.07, 6.45) is 1.82. The van der Waals surface area contributed by atoms with Crippen LogP contribution in [0.2, 0.25) is 0 Å². The van der Waals surface area contributed by atoms with Crippen LogP contribution in [0.1, 0.15) is 6.92 Å². The van der Waals surface area contributed by atoms with Gasteiger partial charge < -0.3 is 10.3 Å². The molecule has 0 spiro atoms. The molecule has 2 N–H and O–H groups in total. The molecule has 0 amide bonds. The fourth-order valence-electron chi connectivity index (χ4n) is 1.36. The number of hydrogen-bond donors (Lipinski definition) is 1. The lowest BCUT2D eigenvalue weighted by molar-refractivity contribution is 0.787. The molecule has 3 nitrogen and oxygen atoms in total. The van der Waals surface area contributed by atoms with Gasteiger partial charge in [-0.3, -0.25) is 0 Å². The number of hydrogen-bond acceptors (Lipinski definition) is 2. The maximum absolute atomic E-state index is 5.75. The van der Waals surface area contributed by atoms with Gasteiger partial charge >= 0.3 is 0 Å². The number of benzene rings is 1. The van der Waals surface area contributed by atoms with Crippen LogP contribution in [0.4, 0.5) is 5.69 Å². The summed E-state index contributed by atoms with van der Waals surface area (Å²) < 4.78 is 2.08. The lowest BCUT2D eigenvalue weighted by atomic mass is 10.3. The largest absolute Gasteiger partial charge is 0.397 e. The number of para-hydroxylation sites is 1.